The second-order valence-electron chi connectivity index (χ2n) is 5.41. The maximum Gasteiger partial charge on any atom is 0.0595 e. The van der Waals surface area contributed by atoms with E-state index in [1.54, 1.807) is 5.56 Å². The van der Waals surface area contributed by atoms with Gasteiger partial charge in [0.25, 0.3) is 0 Å². The molecule has 0 bridgehead atoms. The smallest absolute Gasteiger partial charge is 0.0595 e. The molecule has 100 valence electrons. The normalized spacial score (nSPS) is 16.0. The first-order chi connectivity index (χ1) is 8.69. The van der Waals surface area contributed by atoms with Crippen molar-refractivity contribution in [2.24, 2.45) is 5.73 Å². The highest BCUT2D eigenvalue weighted by Crippen LogP contribution is 2.22. The Bertz CT molecular complexity index is 392. The number of aryl methyl sites for hydroxylation is 2. The van der Waals surface area contributed by atoms with E-state index in [4.69, 9.17) is 10.8 Å². The van der Waals surface area contributed by atoms with Crippen molar-refractivity contribution in [3.63, 3.8) is 0 Å². The lowest BCUT2D eigenvalue weighted by atomic mass is 10.0. The Morgan fingerprint density at radius 3 is 2.89 bits per heavy atom. The molecule has 3 nitrogen and oxygen atoms in total. The highest BCUT2D eigenvalue weighted by atomic mass is 16.3. The fraction of sp³-hybridized carbons (Fsp3) is 0.600. The minimum atomic E-state index is -0.130. The third-order valence-electron chi connectivity index (χ3n) is 3.73. The van der Waals surface area contributed by atoms with Crippen molar-refractivity contribution in [1.29, 1.82) is 0 Å². The quantitative estimate of drug-likeness (QED) is 0.788. The Morgan fingerprint density at radius 1 is 1.33 bits per heavy atom. The van der Waals surface area contributed by atoms with Crippen LogP contribution in [0.25, 0.3) is 0 Å². The lowest BCUT2D eigenvalue weighted by Gasteiger charge is -2.20. The standard InChI is InChI=1S/C15H24N2O/c1-17(10-15(16)11-18)8-7-12-5-6-13-3-2-4-14(13)9-12/h5-6,9,15,18H,2-4,7-8,10-11,16H2,1H3. The van der Waals surface area contributed by atoms with Crippen LogP contribution in [0, 0.1) is 0 Å². The minimum absolute atomic E-state index is 0.0587. The van der Waals surface area contributed by atoms with Crippen molar-refractivity contribution in [2.45, 2.75) is 31.7 Å². The van der Waals surface area contributed by atoms with E-state index in [1.807, 2.05) is 0 Å². The first kappa shape index (κ1) is 13.5. The molecule has 0 fully saturated rings. The molecule has 0 radical (unpaired) electrons. The molecule has 0 aliphatic heterocycles. The second kappa shape index (κ2) is 6.32. The van der Waals surface area contributed by atoms with Crippen molar-refractivity contribution in [3.8, 4) is 0 Å². The highest BCUT2D eigenvalue weighted by Gasteiger charge is 2.11. The molecule has 1 aliphatic rings. The molecule has 3 heteroatoms. The predicted molar refractivity (Wildman–Crippen MR) is 74.7 cm³/mol. The van der Waals surface area contributed by atoms with Gasteiger partial charge in [0.1, 0.15) is 0 Å². The summed E-state index contributed by atoms with van der Waals surface area (Å²) in [6.45, 7) is 1.80. The molecule has 0 aromatic heterocycles. The largest absolute Gasteiger partial charge is 0.395 e. The van der Waals surface area contributed by atoms with Crippen LogP contribution in [0.4, 0.5) is 0 Å². The zero-order chi connectivity index (χ0) is 13.0. The van der Waals surface area contributed by atoms with Gasteiger partial charge >= 0.3 is 0 Å². The van der Waals surface area contributed by atoms with Crippen LogP contribution in [-0.4, -0.2) is 42.8 Å². The van der Waals surface area contributed by atoms with Gasteiger partial charge in [0.15, 0.2) is 0 Å². The van der Waals surface area contributed by atoms with Gasteiger partial charge in [0, 0.05) is 19.1 Å². The fourth-order valence-electron chi connectivity index (χ4n) is 2.65. The number of nitrogens with zero attached hydrogens (tertiary/aromatic N) is 1. The lowest BCUT2D eigenvalue weighted by Crippen LogP contribution is -2.38. The zero-order valence-corrected chi connectivity index (χ0v) is 11.2. The second-order valence-corrected chi connectivity index (χ2v) is 5.41. The molecule has 2 rings (SSSR count). The van der Waals surface area contributed by atoms with E-state index < -0.39 is 0 Å². The Morgan fingerprint density at radius 2 is 2.11 bits per heavy atom. The summed E-state index contributed by atoms with van der Waals surface area (Å²) in [4.78, 5) is 2.19. The van der Waals surface area contributed by atoms with Gasteiger partial charge < -0.3 is 15.7 Å². The van der Waals surface area contributed by atoms with Crippen molar-refractivity contribution >= 4 is 0 Å². The summed E-state index contributed by atoms with van der Waals surface area (Å²) in [5.41, 5.74) is 10.2. The number of aliphatic hydroxyl groups is 1. The van der Waals surface area contributed by atoms with Gasteiger partial charge in [-0.1, -0.05) is 18.2 Å². The summed E-state index contributed by atoms with van der Waals surface area (Å²) < 4.78 is 0. The van der Waals surface area contributed by atoms with Crippen LogP contribution in [0.15, 0.2) is 18.2 Å². The molecule has 0 spiro atoms. The molecule has 0 saturated heterocycles. The summed E-state index contributed by atoms with van der Waals surface area (Å²) in [5, 5.41) is 8.92. The Hall–Kier alpha value is -0.900. The van der Waals surface area contributed by atoms with Gasteiger partial charge in [-0.25, -0.2) is 0 Å². The molecule has 1 aromatic carbocycles. The molecule has 1 aliphatic carbocycles. The average Bonchev–Trinajstić information content (AvgIpc) is 2.83. The van der Waals surface area contributed by atoms with E-state index >= 15 is 0 Å². The number of likely N-dealkylation sites (N-methyl/N-ethyl adjacent to an activating group) is 1. The van der Waals surface area contributed by atoms with E-state index in [1.165, 1.54) is 30.4 Å². The first-order valence-electron chi connectivity index (χ1n) is 6.84. The monoisotopic (exact) mass is 248 g/mol. The number of rotatable bonds is 6. The number of hydrogen-bond acceptors (Lipinski definition) is 3. The van der Waals surface area contributed by atoms with Gasteiger partial charge in [-0.05, 0) is 49.4 Å². The molecular weight excluding hydrogens is 224 g/mol. The molecule has 18 heavy (non-hydrogen) atoms. The van der Waals surface area contributed by atoms with E-state index in [0.29, 0.717) is 0 Å². The van der Waals surface area contributed by atoms with Gasteiger partial charge in [-0.15, -0.1) is 0 Å². The van der Waals surface area contributed by atoms with Crippen LogP contribution >= 0.6 is 0 Å². The number of aliphatic hydroxyl groups excluding tert-OH is 1. The molecule has 1 aromatic rings. The summed E-state index contributed by atoms with van der Waals surface area (Å²) in [6, 6.07) is 6.78. The van der Waals surface area contributed by atoms with Crippen molar-refractivity contribution in [3.05, 3.63) is 34.9 Å². The molecular formula is C15H24N2O. The Balaban J connectivity index is 1.83. The average molecular weight is 248 g/mol. The number of hydrogen-bond donors (Lipinski definition) is 2. The van der Waals surface area contributed by atoms with E-state index in [0.717, 1.165) is 19.5 Å². The van der Waals surface area contributed by atoms with Gasteiger partial charge in [-0.2, -0.15) is 0 Å². The molecule has 0 amide bonds. The lowest BCUT2D eigenvalue weighted by molar-refractivity contribution is 0.223. The van der Waals surface area contributed by atoms with Crippen LogP contribution < -0.4 is 5.73 Å². The third kappa shape index (κ3) is 3.55. The fourth-order valence-corrected chi connectivity index (χ4v) is 2.65. The van der Waals surface area contributed by atoms with Crippen LogP contribution in [0.5, 0.6) is 0 Å². The number of benzene rings is 1. The topological polar surface area (TPSA) is 49.5 Å². The maximum absolute atomic E-state index is 8.92. The van der Waals surface area contributed by atoms with Crippen molar-refractivity contribution in [1.82, 2.24) is 4.90 Å². The minimum Gasteiger partial charge on any atom is -0.395 e. The molecule has 1 atom stereocenters. The first-order valence-corrected chi connectivity index (χ1v) is 6.84. The number of nitrogens with two attached hydrogens (primary N) is 1. The van der Waals surface area contributed by atoms with Crippen molar-refractivity contribution in [2.75, 3.05) is 26.7 Å². The van der Waals surface area contributed by atoms with E-state index in [-0.39, 0.29) is 12.6 Å². The predicted octanol–water partition coefficient (Wildman–Crippen LogP) is 0.969. The molecule has 0 heterocycles. The zero-order valence-electron chi connectivity index (χ0n) is 11.2. The Labute approximate surface area is 110 Å². The van der Waals surface area contributed by atoms with Crippen LogP contribution in [0.3, 0.4) is 0 Å². The van der Waals surface area contributed by atoms with Crippen LogP contribution in [-0.2, 0) is 19.3 Å². The number of fused-ring (bicyclic) bond motifs is 1. The summed E-state index contributed by atoms with van der Waals surface area (Å²) in [5.74, 6) is 0. The van der Waals surface area contributed by atoms with Gasteiger partial charge in [0.2, 0.25) is 0 Å². The van der Waals surface area contributed by atoms with Gasteiger partial charge in [0.05, 0.1) is 6.61 Å². The SMILES string of the molecule is CN(CCc1ccc2c(c1)CCC2)CC(N)CO. The highest BCUT2D eigenvalue weighted by molar-refractivity contribution is 5.35. The van der Waals surface area contributed by atoms with E-state index in [2.05, 4.69) is 30.1 Å². The molecule has 3 N–H and O–H groups in total. The Kier molecular flexibility index (Phi) is 4.75. The summed E-state index contributed by atoms with van der Waals surface area (Å²) in [6.07, 6.45) is 4.86. The van der Waals surface area contributed by atoms with E-state index in [9.17, 15) is 0 Å². The van der Waals surface area contributed by atoms with Crippen LogP contribution in [0.2, 0.25) is 0 Å². The molecule has 1 unspecified atom stereocenters. The maximum atomic E-state index is 8.92. The summed E-state index contributed by atoms with van der Waals surface area (Å²) in [7, 11) is 2.06. The molecule has 0 saturated carbocycles. The van der Waals surface area contributed by atoms with Crippen LogP contribution in [0.1, 0.15) is 23.1 Å². The summed E-state index contributed by atoms with van der Waals surface area (Å²) >= 11 is 0. The third-order valence-corrected chi connectivity index (χ3v) is 3.73. The van der Waals surface area contributed by atoms with Gasteiger partial charge in [-0.3, -0.25) is 0 Å². The van der Waals surface area contributed by atoms with Crippen molar-refractivity contribution < 1.29 is 5.11 Å².